The number of aryl methyl sites for hydroxylation is 6. The van der Waals surface area contributed by atoms with Gasteiger partial charge >= 0.3 is 15.6 Å². The lowest BCUT2D eigenvalue weighted by molar-refractivity contribution is 0.257. The fraction of sp³-hybridized carbons (Fsp3) is 0.243. The summed E-state index contributed by atoms with van der Waals surface area (Å²) in [6.45, 7) is 20.4. The van der Waals surface area contributed by atoms with Crippen LogP contribution >= 0.6 is 15.6 Å². The predicted octanol–water partition coefficient (Wildman–Crippen LogP) is 11.6. The van der Waals surface area contributed by atoms with Crippen molar-refractivity contribution in [3.05, 3.63) is 136 Å². The fourth-order valence-electron chi connectivity index (χ4n) is 4.80. The molecule has 4 aromatic carbocycles. The van der Waals surface area contributed by atoms with Crippen LogP contribution in [0.4, 0.5) is 0 Å². The average Bonchev–Trinajstić information content (AvgIpc) is 2.99. The van der Waals surface area contributed by atoms with Gasteiger partial charge in [-0.2, -0.15) is 9.13 Å². The summed E-state index contributed by atoms with van der Waals surface area (Å²) in [6.07, 6.45) is 0. The number of rotatable bonds is 13. The largest absolute Gasteiger partial charge is 0.647 e. The summed E-state index contributed by atoms with van der Waals surface area (Å²) in [4.78, 5) is 0. The topological polar surface area (TPSA) is 89.5 Å². The number of hydrogen-bond donors (Lipinski definition) is 0. The second kappa shape index (κ2) is 14.6. The van der Waals surface area contributed by atoms with Crippen LogP contribution in [0.25, 0.3) is 0 Å². The molecule has 0 fully saturated rings. The van der Waals surface area contributed by atoms with E-state index in [9.17, 15) is 9.13 Å². The van der Waals surface area contributed by atoms with Crippen LogP contribution in [-0.2, 0) is 13.7 Å². The minimum absolute atomic E-state index is 0.155. The molecule has 0 aliphatic heterocycles. The van der Waals surface area contributed by atoms with Crippen LogP contribution in [0.15, 0.2) is 102 Å². The average molecular weight is 677 g/mol. The Morgan fingerprint density at radius 1 is 0.489 bits per heavy atom. The van der Waals surface area contributed by atoms with Crippen molar-refractivity contribution in [3.8, 4) is 28.7 Å². The van der Waals surface area contributed by atoms with Crippen molar-refractivity contribution in [2.24, 2.45) is 0 Å². The molecule has 1 atom stereocenters. The summed E-state index contributed by atoms with van der Waals surface area (Å²) in [6, 6.07) is 22.8. The Labute approximate surface area is 278 Å². The number of benzene rings is 4. The number of phosphoric acid groups is 2. The molecule has 0 saturated heterocycles. The molecule has 8 nitrogen and oxygen atoms in total. The molecular weight excluding hydrogens is 634 g/mol. The van der Waals surface area contributed by atoms with E-state index in [1.165, 1.54) is 24.3 Å². The molecule has 0 spiro atoms. The van der Waals surface area contributed by atoms with Gasteiger partial charge < -0.3 is 27.1 Å². The quantitative estimate of drug-likeness (QED) is 0.0785. The van der Waals surface area contributed by atoms with E-state index in [2.05, 4.69) is 6.58 Å². The molecule has 0 radical (unpaired) electrons. The molecule has 4 aromatic rings. The molecule has 0 N–H and O–H groups in total. The van der Waals surface area contributed by atoms with Crippen molar-refractivity contribution in [2.75, 3.05) is 0 Å². The fourth-order valence-corrected chi connectivity index (χ4v) is 7.88. The van der Waals surface area contributed by atoms with E-state index < -0.39 is 15.6 Å². The first kappa shape index (κ1) is 35.5. The first-order valence-electron chi connectivity index (χ1n) is 15.1. The van der Waals surface area contributed by atoms with Crippen LogP contribution in [0.2, 0.25) is 0 Å². The van der Waals surface area contributed by atoms with Gasteiger partial charge in [0.2, 0.25) is 0 Å². The second-order valence-electron chi connectivity index (χ2n) is 11.7. The van der Waals surface area contributed by atoms with Gasteiger partial charge in [-0.3, -0.25) is 0 Å². The van der Waals surface area contributed by atoms with Gasteiger partial charge in [0.05, 0.1) is 0 Å². The zero-order valence-corrected chi connectivity index (χ0v) is 30.2. The summed E-state index contributed by atoms with van der Waals surface area (Å²) in [5.41, 5.74) is 5.92. The Bertz CT molecular complexity index is 1790. The normalized spacial score (nSPS) is 12.4. The van der Waals surface area contributed by atoms with Crippen LogP contribution in [0, 0.1) is 41.5 Å². The highest BCUT2D eigenvalue weighted by molar-refractivity contribution is 7.50. The highest BCUT2D eigenvalue weighted by Gasteiger charge is 2.37. The van der Waals surface area contributed by atoms with Gasteiger partial charge in [-0.15, -0.1) is 0 Å². The van der Waals surface area contributed by atoms with E-state index in [0.29, 0.717) is 28.6 Å². The van der Waals surface area contributed by atoms with Gasteiger partial charge in [0.25, 0.3) is 0 Å². The molecule has 0 bridgehead atoms. The molecule has 47 heavy (non-hydrogen) atoms. The van der Waals surface area contributed by atoms with E-state index in [0.717, 1.165) is 39.0 Å². The lowest BCUT2D eigenvalue weighted by atomic mass is 10.1. The number of phosphoric ester groups is 2. The van der Waals surface area contributed by atoms with Crippen LogP contribution in [0.1, 0.15) is 54.2 Å². The van der Waals surface area contributed by atoms with Crippen molar-refractivity contribution in [1.29, 1.82) is 0 Å². The van der Waals surface area contributed by atoms with Crippen molar-refractivity contribution in [1.82, 2.24) is 0 Å². The third kappa shape index (κ3) is 8.91. The molecule has 1 unspecified atom stereocenters. The first-order chi connectivity index (χ1) is 22.1. The summed E-state index contributed by atoms with van der Waals surface area (Å²) in [7, 11) is -8.62. The smallest absolute Gasteiger partial charge is 0.386 e. The third-order valence-corrected chi connectivity index (χ3v) is 9.63. The van der Waals surface area contributed by atoms with Gasteiger partial charge in [0.1, 0.15) is 34.5 Å². The van der Waals surface area contributed by atoms with Crippen molar-refractivity contribution >= 4 is 15.6 Å². The van der Waals surface area contributed by atoms with Crippen LogP contribution in [-0.4, -0.2) is 0 Å². The highest BCUT2D eigenvalue weighted by atomic mass is 31.2. The Hall–Kier alpha value is -4.38. The molecular formula is C37H42O8P2. The molecule has 0 heterocycles. The van der Waals surface area contributed by atoms with Gasteiger partial charge in [0.15, 0.2) is 0 Å². The molecule has 0 aromatic heterocycles. The molecule has 248 valence electrons. The van der Waals surface area contributed by atoms with Gasteiger partial charge in [-0.1, -0.05) is 61.2 Å². The van der Waals surface area contributed by atoms with Crippen molar-refractivity contribution in [3.63, 3.8) is 0 Å². The van der Waals surface area contributed by atoms with Crippen molar-refractivity contribution < 1.29 is 36.3 Å². The maximum Gasteiger partial charge on any atom is 0.647 e. The Morgan fingerprint density at radius 2 is 0.787 bits per heavy atom. The summed E-state index contributed by atoms with van der Waals surface area (Å²) < 4.78 is 64.6. The van der Waals surface area contributed by atoms with Crippen LogP contribution in [0.5, 0.6) is 28.7 Å². The summed E-state index contributed by atoms with van der Waals surface area (Å²) >= 11 is 0. The van der Waals surface area contributed by atoms with Crippen molar-refractivity contribution in [2.45, 2.75) is 62.3 Å². The van der Waals surface area contributed by atoms with Crippen LogP contribution in [0.3, 0.4) is 0 Å². The zero-order chi connectivity index (χ0) is 34.5. The Morgan fingerprint density at radius 3 is 1.09 bits per heavy atom. The molecule has 0 aliphatic rings. The van der Waals surface area contributed by atoms with E-state index in [4.69, 9.17) is 27.1 Å². The monoisotopic (exact) mass is 676 g/mol. The van der Waals surface area contributed by atoms with E-state index in [1.807, 2.05) is 110 Å². The summed E-state index contributed by atoms with van der Waals surface area (Å²) in [5, 5.41) is 0. The lowest BCUT2D eigenvalue weighted by Gasteiger charge is -2.24. The van der Waals surface area contributed by atoms with E-state index in [1.54, 1.807) is 6.92 Å². The summed E-state index contributed by atoms with van der Waals surface area (Å²) in [5.74, 6) is 1.82. The number of para-hydroxylation sites is 3. The maximum atomic E-state index is 14.4. The van der Waals surface area contributed by atoms with E-state index in [-0.39, 0.29) is 11.5 Å². The Balaban J connectivity index is 1.67. The minimum atomic E-state index is -4.31. The standard InChI is InChI=1S/C37H42O8P2/c1-24(2)34(25(3)4)42-46(38,43-35-26(5)14-11-15-27(35)6)40-32-20-22-33(23-21-32)41-47(39,44-36-28(7)16-12-17-29(36)8)45-37-30(9)18-13-19-31(37)10/h11-23H,1H2,2-10H3. The first-order valence-corrected chi connectivity index (χ1v) is 18.0. The van der Waals surface area contributed by atoms with Gasteiger partial charge in [-0.25, -0.2) is 0 Å². The molecule has 10 heteroatoms. The number of hydrogen-bond acceptors (Lipinski definition) is 8. The second-order valence-corrected chi connectivity index (χ2v) is 14.6. The highest BCUT2D eigenvalue weighted by Crippen LogP contribution is 2.55. The maximum absolute atomic E-state index is 14.4. The molecule has 4 rings (SSSR count). The lowest BCUT2D eigenvalue weighted by Crippen LogP contribution is -2.10. The third-order valence-electron chi connectivity index (χ3n) is 7.14. The molecule has 0 saturated carbocycles. The number of allylic oxidation sites excluding steroid dienone is 2. The molecule has 0 aliphatic carbocycles. The van der Waals surface area contributed by atoms with Gasteiger partial charge in [-0.05, 0) is 131 Å². The predicted molar refractivity (Wildman–Crippen MR) is 187 cm³/mol. The zero-order valence-electron chi connectivity index (χ0n) is 28.4. The van der Waals surface area contributed by atoms with Gasteiger partial charge in [0, 0.05) is 0 Å². The minimum Gasteiger partial charge on any atom is -0.386 e. The van der Waals surface area contributed by atoms with E-state index >= 15 is 0 Å². The Kier molecular flexibility index (Phi) is 11.0. The van der Waals surface area contributed by atoms with Crippen LogP contribution < -0.4 is 22.6 Å². The SMILES string of the molecule is C=C(C)C(OP(=O)(Oc1ccc(OP(=O)(Oc2c(C)cccc2C)Oc2c(C)cccc2C)cc1)Oc1c(C)cccc1C)=C(C)C. The molecule has 0 amide bonds.